The molecule has 2 aromatic carbocycles. The molecule has 0 aliphatic rings. The molecule has 0 spiro atoms. The fourth-order valence-corrected chi connectivity index (χ4v) is 2.80. The number of carboxylic acids is 1. The zero-order valence-electron chi connectivity index (χ0n) is 17.2. The molecule has 0 atom stereocenters. The minimum absolute atomic E-state index is 0.439. The van der Waals surface area contributed by atoms with Gasteiger partial charge < -0.3 is 14.3 Å². The number of hydrogen-bond acceptors (Lipinski definition) is 3. The number of halogens is 3. The summed E-state index contributed by atoms with van der Waals surface area (Å²) in [6.07, 6.45) is -0.695. The number of carboxylic acid groups (broad SMARTS) is 1. The number of aryl methyl sites for hydroxylation is 1. The second-order valence-electron chi connectivity index (χ2n) is 7.52. The predicted octanol–water partition coefficient (Wildman–Crippen LogP) is 6.69. The zero-order valence-corrected chi connectivity index (χ0v) is 17.2. The maximum Gasteiger partial charge on any atom is 0.416 e. The molecule has 3 rings (SSSR count). The fraction of sp³-hybridized carbons (Fsp3) is 0.208. The molecule has 162 valence electrons. The number of furan rings is 1. The van der Waals surface area contributed by atoms with E-state index in [2.05, 4.69) is 0 Å². The average molecular weight is 430 g/mol. The maximum atomic E-state index is 12.7. The Balaban J connectivity index is 1.73. The van der Waals surface area contributed by atoms with Crippen molar-refractivity contribution in [3.8, 4) is 17.1 Å². The second-order valence-corrected chi connectivity index (χ2v) is 7.52. The van der Waals surface area contributed by atoms with Gasteiger partial charge in [0.1, 0.15) is 17.3 Å². The van der Waals surface area contributed by atoms with Crippen LogP contribution in [0.5, 0.6) is 5.75 Å². The molecule has 0 radical (unpaired) electrons. The zero-order chi connectivity index (χ0) is 22.8. The summed E-state index contributed by atoms with van der Waals surface area (Å²) in [6.45, 7) is 4.72. The van der Waals surface area contributed by atoms with Crippen molar-refractivity contribution in [2.75, 3.05) is 0 Å². The van der Waals surface area contributed by atoms with Gasteiger partial charge in [-0.25, -0.2) is 4.79 Å². The van der Waals surface area contributed by atoms with Crippen LogP contribution in [0.3, 0.4) is 0 Å². The molecule has 1 N–H and O–H groups in total. The van der Waals surface area contributed by atoms with Gasteiger partial charge in [0, 0.05) is 11.1 Å². The summed E-state index contributed by atoms with van der Waals surface area (Å²) in [7, 11) is 0. The lowest BCUT2D eigenvalue weighted by Gasteiger charge is -2.21. The van der Waals surface area contributed by atoms with Crippen molar-refractivity contribution in [3.05, 3.63) is 77.0 Å². The number of aliphatic carboxylic acids is 1. The molecule has 31 heavy (non-hydrogen) atoms. The van der Waals surface area contributed by atoms with E-state index in [4.69, 9.17) is 14.3 Å². The van der Waals surface area contributed by atoms with Crippen LogP contribution in [-0.4, -0.2) is 16.7 Å². The van der Waals surface area contributed by atoms with E-state index in [0.29, 0.717) is 22.8 Å². The van der Waals surface area contributed by atoms with Crippen LogP contribution in [0.25, 0.3) is 23.5 Å². The van der Waals surface area contributed by atoms with E-state index < -0.39 is 23.3 Å². The van der Waals surface area contributed by atoms with E-state index in [9.17, 15) is 18.0 Å². The van der Waals surface area contributed by atoms with Crippen molar-refractivity contribution in [3.63, 3.8) is 0 Å². The summed E-state index contributed by atoms with van der Waals surface area (Å²) in [5.41, 5.74) is 0.163. The second kappa shape index (κ2) is 8.34. The van der Waals surface area contributed by atoms with Gasteiger partial charge in [-0.1, -0.05) is 36.4 Å². The monoisotopic (exact) mass is 430 g/mol. The van der Waals surface area contributed by atoms with Gasteiger partial charge in [-0.05, 0) is 56.7 Å². The van der Waals surface area contributed by atoms with E-state index in [1.54, 1.807) is 37.3 Å². The minimum Gasteiger partial charge on any atom is -0.478 e. The summed E-state index contributed by atoms with van der Waals surface area (Å²) in [4.78, 5) is 11.2. The fourth-order valence-electron chi connectivity index (χ4n) is 2.80. The van der Waals surface area contributed by atoms with Crippen LogP contribution in [0, 0.1) is 6.92 Å². The largest absolute Gasteiger partial charge is 0.478 e. The summed E-state index contributed by atoms with van der Waals surface area (Å²) in [5, 5.41) is 9.13. The lowest BCUT2D eigenvalue weighted by atomic mass is 10.1. The van der Waals surface area contributed by atoms with Gasteiger partial charge >= 0.3 is 12.1 Å². The van der Waals surface area contributed by atoms with Gasteiger partial charge in [0.15, 0.2) is 5.60 Å². The number of carbonyl (C=O) groups is 1. The minimum atomic E-state index is -4.38. The Hall–Kier alpha value is -3.48. The standard InChI is InChI=1S/C24H21F3O4/c1-15-18(14-21(30-15)17-8-10-19(11-9-17)24(25,26)27)7-4-16-5-12-20(13-6-16)31-23(2,3)22(28)29/h4-14H,1-3H3,(H,28,29)/b7-4-. The Morgan fingerprint density at radius 2 is 1.61 bits per heavy atom. The van der Waals surface area contributed by atoms with Gasteiger partial charge in [0.25, 0.3) is 0 Å². The molecule has 0 fully saturated rings. The first-order valence-electron chi connectivity index (χ1n) is 9.44. The molecule has 0 amide bonds. The van der Waals surface area contributed by atoms with Crippen LogP contribution in [0.15, 0.2) is 59.0 Å². The Morgan fingerprint density at radius 1 is 1.00 bits per heavy atom. The van der Waals surface area contributed by atoms with Gasteiger partial charge in [-0.15, -0.1) is 0 Å². The maximum absolute atomic E-state index is 12.7. The smallest absolute Gasteiger partial charge is 0.416 e. The highest BCUT2D eigenvalue weighted by Crippen LogP contribution is 2.32. The number of benzene rings is 2. The highest BCUT2D eigenvalue weighted by atomic mass is 19.4. The predicted molar refractivity (Wildman–Crippen MR) is 112 cm³/mol. The van der Waals surface area contributed by atoms with Gasteiger partial charge in [-0.3, -0.25) is 0 Å². The third-order valence-electron chi connectivity index (χ3n) is 4.68. The van der Waals surface area contributed by atoms with Crippen LogP contribution in [-0.2, 0) is 11.0 Å². The Labute approximate surface area is 177 Å². The summed E-state index contributed by atoms with van der Waals surface area (Å²) < 4.78 is 49.4. The van der Waals surface area contributed by atoms with E-state index in [0.717, 1.165) is 23.3 Å². The van der Waals surface area contributed by atoms with Gasteiger partial charge in [-0.2, -0.15) is 13.2 Å². The van der Waals surface area contributed by atoms with Crippen LogP contribution >= 0.6 is 0 Å². The summed E-state index contributed by atoms with van der Waals surface area (Å²) in [5.74, 6) is 0.490. The summed E-state index contributed by atoms with van der Waals surface area (Å²) in [6, 6.07) is 13.5. The third-order valence-corrected chi connectivity index (χ3v) is 4.68. The van der Waals surface area contributed by atoms with Crippen LogP contribution < -0.4 is 4.74 Å². The summed E-state index contributed by atoms with van der Waals surface area (Å²) >= 11 is 0. The molecule has 0 aliphatic heterocycles. The average Bonchev–Trinajstić information content (AvgIpc) is 3.07. The van der Waals surface area contributed by atoms with Gasteiger partial charge in [0.05, 0.1) is 5.56 Å². The quantitative estimate of drug-likeness (QED) is 0.474. The van der Waals surface area contributed by atoms with Crippen molar-refractivity contribution in [1.29, 1.82) is 0 Å². The highest BCUT2D eigenvalue weighted by Gasteiger charge is 2.30. The van der Waals surface area contributed by atoms with E-state index >= 15 is 0 Å². The highest BCUT2D eigenvalue weighted by molar-refractivity contribution is 5.77. The van der Waals surface area contributed by atoms with Crippen molar-refractivity contribution < 1.29 is 32.2 Å². The molecule has 0 aliphatic carbocycles. The molecule has 4 nitrogen and oxygen atoms in total. The molecular formula is C24H21F3O4. The molecule has 0 unspecified atom stereocenters. The van der Waals surface area contributed by atoms with Crippen molar-refractivity contribution >= 4 is 18.1 Å². The number of rotatable bonds is 6. The molecule has 0 saturated carbocycles. The normalized spacial score (nSPS) is 12.3. The first-order valence-corrected chi connectivity index (χ1v) is 9.44. The van der Waals surface area contributed by atoms with E-state index in [1.807, 2.05) is 12.2 Å². The molecule has 1 aromatic heterocycles. The van der Waals surface area contributed by atoms with E-state index in [1.165, 1.54) is 26.0 Å². The van der Waals surface area contributed by atoms with Crippen molar-refractivity contribution in [2.45, 2.75) is 32.5 Å². The molecule has 0 saturated heterocycles. The first-order chi connectivity index (χ1) is 14.5. The topological polar surface area (TPSA) is 59.7 Å². The molecule has 0 bridgehead atoms. The number of ether oxygens (including phenoxy) is 1. The lowest BCUT2D eigenvalue weighted by Crippen LogP contribution is -2.37. The lowest BCUT2D eigenvalue weighted by molar-refractivity contribution is -0.152. The Morgan fingerprint density at radius 3 is 2.16 bits per heavy atom. The van der Waals surface area contributed by atoms with Crippen molar-refractivity contribution in [2.24, 2.45) is 0 Å². The Bertz CT molecular complexity index is 1090. The molecule has 1 heterocycles. The van der Waals surface area contributed by atoms with Crippen LogP contribution in [0.2, 0.25) is 0 Å². The SMILES string of the molecule is Cc1oc(-c2ccc(C(F)(F)F)cc2)cc1/C=C\c1ccc(OC(C)(C)C(=O)O)cc1. The number of alkyl halides is 3. The molecule has 7 heteroatoms. The third kappa shape index (κ3) is 5.36. The van der Waals surface area contributed by atoms with Gasteiger partial charge in [0.2, 0.25) is 0 Å². The van der Waals surface area contributed by atoms with E-state index in [-0.39, 0.29) is 0 Å². The van der Waals surface area contributed by atoms with Crippen molar-refractivity contribution in [1.82, 2.24) is 0 Å². The molecule has 3 aromatic rings. The molecular weight excluding hydrogens is 409 g/mol. The first kappa shape index (κ1) is 22.2. The Kier molecular flexibility index (Phi) is 5.97. The van der Waals surface area contributed by atoms with Crippen LogP contribution in [0.1, 0.15) is 36.3 Å². The number of hydrogen-bond donors (Lipinski definition) is 1. The van der Waals surface area contributed by atoms with Crippen LogP contribution in [0.4, 0.5) is 13.2 Å².